The van der Waals surface area contributed by atoms with E-state index in [4.69, 9.17) is 4.42 Å². The maximum Gasteiger partial charge on any atom is 0.434 e. The molecule has 1 spiro atoms. The predicted molar refractivity (Wildman–Crippen MR) is 126 cm³/mol. The minimum atomic E-state index is -3.95. The van der Waals surface area contributed by atoms with Gasteiger partial charge in [0.1, 0.15) is 11.9 Å². The van der Waals surface area contributed by atoms with E-state index in [9.17, 15) is 17.6 Å². The highest BCUT2D eigenvalue weighted by molar-refractivity contribution is 7.87. The molecule has 0 amide bonds. The Morgan fingerprint density at radius 2 is 1.91 bits per heavy atom. The third-order valence-corrected chi connectivity index (χ3v) is 9.26. The number of rotatable bonds is 6. The fraction of sp³-hybridized carbons (Fsp3) is 0.652. The number of piperidine rings is 2. The van der Waals surface area contributed by atoms with E-state index in [1.54, 1.807) is 19.9 Å². The van der Waals surface area contributed by atoms with Gasteiger partial charge in [-0.25, -0.2) is 14.3 Å². The van der Waals surface area contributed by atoms with Gasteiger partial charge in [0, 0.05) is 25.6 Å². The monoisotopic (exact) mass is 495 g/mol. The highest BCUT2D eigenvalue weighted by atomic mass is 32.2. The molecule has 2 fully saturated rings. The Balaban J connectivity index is 1.59. The number of aromatic nitrogens is 2. The van der Waals surface area contributed by atoms with Crippen molar-refractivity contribution in [3.63, 3.8) is 0 Å². The lowest BCUT2D eigenvalue weighted by Gasteiger charge is -2.46. The van der Waals surface area contributed by atoms with Crippen LogP contribution in [-0.2, 0) is 10.2 Å². The molecule has 0 radical (unpaired) electrons. The van der Waals surface area contributed by atoms with Crippen molar-refractivity contribution in [3.05, 3.63) is 51.1 Å². The predicted octanol–water partition coefficient (Wildman–Crippen LogP) is 2.61. The summed E-state index contributed by atoms with van der Waals surface area (Å²) in [5, 5.41) is 6.06. The lowest BCUT2D eigenvalue weighted by atomic mass is 9.73. The maximum atomic E-state index is 14.9. The third-order valence-electron chi connectivity index (χ3n) is 7.66. The Kier molecular flexibility index (Phi) is 7.01. The Labute approximate surface area is 199 Å². The van der Waals surface area contributed by atoms with Crippen molar-refractivity contribution in [2.75, 3.05) is 33.2 Å². The summed E-state index contributed by atoms with van der Waals surface area (Å²) in [4.78, 5) is 14.0. The van der Waals surface area contributed by atoms with Crippen molar-refractivity contribution in [3.8, 4) is 0 Å². The molecule has 11 heteroatoms. The first kappa shape index (κ1) is 25.0. The number of hydrogen-bond donors (Lipinski definition) is 2. The number of nitrogens with one attached hydrogen (secondary N) is 2. The first-order valence-electron chi connectivity index (χ1n) is 11.8. The zero-order valence-corrected chi connectivity index (χ0v) is 21.0. The van der Waals surface area contributed by atoms with Gasteiger partial charge >= 0.3 is 5.76 Å². The van der Waals surface area contributed by atoms with Crippen LogP contribution in [-0.4, -0.2) is 61.0 Å². The van der Waals surface area contributed by atoms with E-state index in [0.717, 1.165) is 49.9 Å². The maximum absolute atomic E-state index is 14.9. The molecule has 2 aromatic rings. The molecular formula is C23H34FN5O4S. The number of H-pyrrole nitrogens is 1. The molecule has 2 N–H and O–H groups in total. The first-order chi connectivity index (χ1) is 16.0. The molecule has 34 heavy (non-hydrogen) atoms. The summed E-state index contributed by atoms with van der Waals surface area (Å²) < 4.78 is 51.0. The standard InChI is InChI=1S/C23H34FN5O4S/c1-15-6-7-18(24)19(16(15)2)17(3)20(21-25-26-22(30)33-21)27-34(31,32)29-12-9-23(10-13-29)8-5-11-28(4)14-23/h6-7,17,20,27H,5,8-14H2,1-4H3,(H,26,30)/t17-,20-/m0/s1. The third kappa shape index (κ3) is 4.98. The van der Waals surface area contributed by atoms with Gasteiger partial charge < -0.3 is 9.32 Å². The van der Waals surface area contributed by atoms with Crippen molar-refractivity contribution >= 4 is 10.2 Å². The number of likely N-dealkylation sites (tertiary alicyclic amines) is 1. The topological polar surface area (TPSA) is 112 Å². The van der Waals surface area contributed by atoms with E-state index in [2.05, 4.69) is 26.9 Å². The van der Waals surface area contributed by atoms with Crippen LogP contribution in [0.25, 0.3) is 0 Å². The lowest BCUT2D eigenvalue weighted by Crippen LogP contribution is -2.52. The molecule has 0 unspecified atom stereocenters. The first-order valence-corrected chi connectivity index (χ1v) is 13.2. The summed E-state index contributed by atoms with van der Waals surface area (Å²) >= 11 is 0. The second-order valence-electron chi connectivity index (χ2n) is 9.98. The van der Waals surface area contributed by atoms with E-state index < -0.39 is 33.7 Å². The van der Waals surface area contributed by atoms with Crippen LogP contribution in [0.15, 0.2) is 21.3 Å². The van der Waals surface area contributed by atoms with Crippen LogP contribution in [0, 0.1) is 25.1 Å². The number of aryl methyl sites for hydroxylation is 1. The Morgan fingerprint density at radius 3 is 2.53 bits per heavy atom. The van der Waals surface area contributed by atoms with E-state index in [1.165, 1.54) is 10.4 Å². The van der Waals surface area contributed by atoms with E-state index in [1.807, 2.05) is 6.92 Å². The average Bonchev–Trinajstić information content (AvgIpc) is 3.21. The van der Waals surface area contributed by atoms with E-state index >= 15 is 0 Å². The van der Waals surface area contributed by atoms with Gasteiger partial charge in [-0.2, -0.15) is 17.4 Å². The largest absolute Gasteiger partial charge is 0.434 e. The molecule has 2 saturated heterocycles. The molecule has 0 bridgehead atoms. The Bertz CT molecular complexity index is 1190. The van der Waals surface area contributed by atoms with Crippen molar-refractivity contribution in [2.24, 2.45) is 5.41 Å². The van der Waals surface area contributed by atoms with Gasteiger partial charge in [-0.3, -0.25) is 0 Å². The molecule has 2 aliphatic rings. The van der Waals surface area contributed by atoms with Gasteiger partial charge in [0.25, 0.3) is 10.2 Å². The molecule has 1 aromatic carbocycles. The second kappa shape index (κ2) is 9.52. The van der Waals surface area contributed by atoms with Crippen LogP contribution in [0.4, 0.5) is 4.39 Å². The summed E-state index contributed by atoms with van der Waals surface area (Å²) in [6, 6.07) is 1.99. The van der Waals surface area contributed by atoms with Gasteiger partial charge in [-0.05, 0) is 81.3 Å². The summed E-state index contributed by atoms with van der Waals surface area (Å²) in [7, 11) is -1.84. The van der Waals surface area contributed by atoms with Crippen LogP contribution < -0.4 is 10.5 Å². The lowest BCUT2D eigenvalue weighted by molar-refractivity contribution is 0.0561. The summed E-state index contributed by atoms with van der Waals surface area (Å²) in [6.07, 6.45) is 3.83. The van der Waals surface area contributed by atoms with E-state index in [0.29, 0.717) is 18.7 Å². The number of halogens is 1. The highest BCUT2D eigenvalue weighted by Crippen LogP contribution is 2.40. The quantitative estimate of drug-likeness (QED) is 0.637. The molecular weight excluding hydrogens is 461 g/mol. The Morgan fingerprint density at radius 1 is 1.21 bits per heavy atom. The second-order valence-corrected chi connectivity index (χ2v) is 11.7. The van der Waals surface area contributed by atoms with Gasteiger partial charge in [0.2, 0.25) is 5.89 Å². The Hall–Kier alpha value is -2.08. The SMILES string of the molecule is Cc1ccc(F)c([C@H](C)[C@H](NS(=O)(=O)N2CCC3(CCCN(C)C3)CC2)c2n[nH]c(=O)o2)c1C. The van der Waals surface area contributed by atoms with Gasteiger partial charge in [-0.1, -0.05) is 13.0 Å². The zero-order valence-electron chi connectivity index (χ0n) is 20.2. The number of aromatic amines is 1. The van der Waals surface area contributed by atoms with Crippen LogP contribution in [0.5, 0.6) is 0 Å². The van der Waals surface area contributed by atoms with E-state index in [-0.39, 0.29) is 11.3 Å². The van der Waals surface area contributed by atoms with Crippen LogP contribution in [0.1, 0.15) is 67.1 Å². The minimum absolute atomic E-state index is 0.122. The minimum Gasteiger partial charge on any atom is -0.391 e. The molecule has 0 aliphatic carbocycles. The van der Waals surface area contributed by atoms with Crippen LogP contribution >= 0.6 is 0 Å². The summed E-state index contributed by atoms with van der Waals surface area (Å²) in [5.74, 6) is -2.04. The summed E-state index contributed by atoms with van der Waals surface area (Å²) in [6.45, 7) is 8.24. The average molecular weight is 496 g/mol. The van der Waals surface area contributed by atoms with Gasteiger partial charge in [0.05, 0.1) is 0 Å². The molecule has 2 atom stereocenters. The molecule has 1 aromatic heterocycles. The molecule has 2 aliphatic heterocycles. The molecule has 9 nitrogen and oxygen atoms in total. The fourth-order valence-corrected chi connectivity index (χ4v) is 7.01. The van der Waals surface area contributed by atoms with Crippen molar-refractivity contribution < 1.29 is 17.2 Å². The zero-order chi connectivity index (χ0) is 24.7. The smallest absolute Gasteiger partial charge is 0.391 e. The molecule has 0 saturated carbocycles. The summed E-state index contributed by atoms with van der Waals surface area (Å²) in [5.41, 5.74) is 2.12. The molecule has 3 heterocycles. The van der Waals surface area contributed by atoms with Gasteiger partial charge in [-0.15, -0.1) is 5.10 Å². The normalized spacial score (nSPS) is 21.6. The van der Waals surface area contributed by atoms with Gasteiger partial charge in [0.15, 0.2) is 0 Å². The van der Waals surface area contributed by atoms with Crippen LogP contribution in [0.2, 0.25) is 0 Å². The number of nitrogens with zero attached hydrogens (tertiary/aromatic N) is 3. The highest BCUT2D eigenvalue weighted by Gasteiger charge is 2.42. The number of hydrogen-bond acceptors (Lipinski definition) is 6. The van der Waals surface area contributed by atoms with Crippen LogP contribution in [0.3, 0.4) is 0 Å². The van der Waals surface area contributed by atoms with Crippen molar-refractivity contribution in [2.45, 2.75) is 58.4 Å². The molecule has 188 valence electrons. The van der Waals surface area contributed by atoms with Crippen molar-refractivity contribution in [1.29, 1.82) is 0 Å². The number of benzene rings is 1. The molecule has 4 rings (SSSR count). The fourth-order valence-electron chi connectivity index (χ4n) is 5.57. The van der Waals surface area contributed by atoms with Crippen molar-refractivity contribution in [1.82, 2.24) is 24.1 Å².